The highest BCUT2D eigenvalue weighted by atomic mass is 35.5. The van der Waals surface area contributed by atoms with Crippen molar-refractivity contribution in [3.05, 3.63) is 35.9 Å². The van der Waals surface area contributed by atoms with Gasteiger partial charge in [0.15, 0.2) is 5.96 Å². The van der Waals surface area contributed by atoms with Gasteiger partial charge in [-0.15, -0.1) is 12.4 Å². The first-order valence-electron chi connectivity index (χ1n) is 4.57. The molecule has 0 spiro atoms. The highest BCUT2D eigenvalue weighted by Gasteiger charge is 2.02. The van der Waals surface area contributed by atoms with Crippen LogP contribution in [0.3, 0.4) is 0 Å². The first kappa shape index (κ1) is 14.2. The van der Waals surface area contributed by atoms with Gasteiger partial charge >= 0.3 is 0 Å². The van der Waals surface area contributed by atoms with E-state index in [1.807, 2.05) is 37.3 Å². The molecule has 1 aromatic rings. The van der Waals surface area contributed by atoms with Crippen molar-refractivity contribution in [1.29, 1.82) is 0 Å². The number of hydrogen-bond acceptors (Lipinski definition) is 1. The summed E-state index contributed by atoms with van der Waals surface area (Å²) in [5.74, 6) is 0.00265. The molecule has 0 aliphatic carbocycles. The standard InChI is InChI=1S/C10H15N5.ClH/c1-7(8-5-3-2-4-6-8)14-10(13)15-9(11)12;/h2-7H,1H3,(H6,11,12,13,14,15);1H. The van der Waals surface area contributed by atoms with E-state index < -0.39 is 0 Å². The van der Waals surface area contributed by atoms with Gasteiger partial charge in [0.1, 0.15) is 0 Å². The average molecular weight is 242 g/mol. The second kappa shape index (κ2) is 6.68. The molecule has 0 aliphatic heterocycles. The van der Waals surface area contributed by atoms with Crippen molar-refractivity contribution in [2.24, 2.45) is 27.2 Å². The molecule has 0 saturated carbocycles. The van der Waals surface area contributed by atoms with Crippen LogP contribution in [0.25, 0.3) is 0 Å². The van der Waals surface area contributed by atoms with Gasteiger partial charge in [-0.25, -0.2) is 4.99 Å². The number of aliphatic imine (C=N–C) groups is 2. The lowest BCUT2D eigenvalue weighted by atomic mass is 10.1. The van der Waals surface area contributed by atoms with Crippen LogP contribution in [0.15, 0.2) is 40.3 Å². The third-order valence-corrected chi connectivity index (χ3v) is 1.85. The predicted molar refractivity (Wildman–Crippen MR) is 69.5 cm³/mol. The molecule has 1 aromatic carbocycles. The van der Waals surface area contributed by atoms with Crippen LogP contribution in [-0.2, 0) is 0 Å². The maximum absolute atomic E-state index is 5.52. The van der Waals surface area contributed by atoms with E-state index in [0.29, 0.717) is 0 Å². The first-order valence-corrected chi connectivity index (χ1v) is 4.57. The van der Waals surface area contributed by atoms with Crippen LogP contribution in [0.1, 0.15) is 18.5 Å². The van der Waals surface area contributed by atoms with E-state index in [1.165, 1.54) is 0 Å². The lowest BCUT2D eigenvalue weighted by molar-refractivity contribution is 0.816. The summed E-state index contributed by atoms with van der Waals surface area (Å²) in [4.78, 5) is 7.78. The Morgan fingerprint density at radius 3 is 2.19 bits per heavy atom. The van der Waals surface area contributed by atoms with Gasteiger partial charge in [0.05, 0.1) is 6.04 Å². The molecule has 16 heavy (non-hydrogen) atoms. The molecule has 1 rings (SSSR count). The van der Waals surface area contributed by atoms with E-state index in [-0.39, 0.29) is 30.4 Å². The number of halogens is 1. The molecule has 0 amide bonds. The number of nitrogens with two attached hydrogens (primary N) is 3. The van der Waals surface area contributed by atoms with Gasteiger partial charge in [0, 0.05) is 0 Å². The number of guanidine groups is 2. The van der Waals surface area contributed by atoms with Gasteiger partial charge in [-0.1, -0.05) is 30.3 Å². The summed E-state index contributed by atoms with van der Waals surface area (Å²) in [5.41, 5.74) is 16.9. The highest BCUT2D eigenvalue weighted by Crippen LogP contribution is 2.15. The minimum Gasteiger partial charge on any atom is -0.370 e. The number of benzene rings is 1. The zero-order valence-electron chi connectivity index (χ0n) is 9.00. The van der Waals surface area contributed by atoms with Crippen molar-refractivity contribution in [1.82, 2.24) is 0 Å². The topological polar surface area (TPSA) is 103 Å². The Morgan fingerprint density at radius 1 is 1.12 bits per heavy atom. The average Bonchev–Trinajstić information content (AvgIpc) is 2.17. The molecule has 1 atom stereocenters. The van der Waals surface area contributed by atoms with Crippen molar-refractivity contribution < 1.29 is 0 Å². The Labute approximate surface area is 101 Å². The molecule has 0 bridgehead atoms. The summed E-state index contributed by atoms with van der Waals surface area (Å²) >= 11 is 0. The molecule has 88 valence electrons. The van der Waals surface area contributed by atoms with Crippen molar-refractivity contribution in [3.8, 4) is 0 Å². The van der Waals surface area contributed by atoms with Crippen molar-refractivity contribution in [3.63, 3.8) is 0 Å². The summed E-state index contributed by atoms with van der Waals surface area (Å²) in [6.45, 7) is 1.92. The molecule has 6 heteroatoms. The fourth-order valence-corrected chi connectivity index (χ4v) is 1.17. The second-order valence-electron chi connectivity index (χ2n) is 3.11. The highest BCUT2D eigenvalue weighted by molar-refractivity contribution is 5.92. The largest absolute Gasteiger partial charge is 0.370 e. The van der Waals surface area contributed by atoms with Crippen LogP contribution < -0.4 is 17.2 Å². The number of hydrogen-bond donors (Lipinski definition) is 3. The van der Waals surface area contributed by atoms with Crippen molar-refractivity contribution in [2.45, 2.75) is 13.0 Å². The number of nitrogens with zero attached hydrogens (tertiary/aromatic N) is 2. The van der Waals surface area contributed by atoms with Gasteiger partial charge in [-0.2, -0.15) is 4.99 Å². The van der Waals surface area contributed by atoms with Gasteiger partial charge in [-0.05, 0) is 12.5 Å². The second-order valence-corrected chi connectivity index (χ2v) is 3.11. The Kier molecular flexibility index (Phi) is 5.95. The van der Waals surface area contributed by atoms with Crippen LogP contribution in [0.2, 0.25) is 0 Å². The van der Waals surface area contributed by atoms with Crippen LogP contribution in [0.5, 0.6) is 0 Å². The molecular weight excluding hydrogens is 226 g/mol. The van der Waals surface area contributed by atoms with Gasteiger partial charge in [0.25, 0.3) is 0 Å². The monoisotopic (exact) mass is 241 g/mol. The summed E-state index contributed by atoms with van der Waals surface area (Å²) in [6.07, 6.45) is 0. The zero-order chi connectivity index (χ0) is 11.3. The van der Waals surface area contributed by atoms with Crippen LogP contribution in [0, 0.1) is 0 Å². The van der Waals surface area contributed by atoms with Gasteiger partial charge in [-0.3, -0.25) is 0 Å². The summed E-state index contributed by atoms with van der Waals surface area (Å²) < 4.78 is 0. The lowest BCUT2D eigenvalue weighted by Crippen LogP contribution is -2.26. The Hall–Kier alpha value is -1.75. The lowest BCUT2D eigenvalue weighted by Gasteiger charge is -2.06. The summed E-state index contributed by atoms with van der Waals surface area (Å²) in [6, 6.07) is 9.71. The molecule has 0 fully saturated rings. The minimum atomic E-state index is -0.0866. The predicted octanol–water partition coefficient (Wildman–Crippen LogP) is 0.758. The van der Waals surface area contributed by atoms with Crippen LogP contribution in [0.4, 0.5) is 0 Å². The third-order valence-electron chi connectivity index (χ3n) is 1.85. The van der Waals surface area contributed by atoms with Gasteiger partial charge < -0.3 is 17.2 Å². The molecule has 0 aromatic heterocycles. The molecule has 1 unspecified atom stereocenters. The molecule has 0 aliphatic rings. The zero-order valence-corrected chi connectivity index (χ0v) is 9.82. The quantitative estimate of drug-likeness (QED) is 0.526. The molecule has 0 radical (unpaired) electrons. The first-order chi connectivity index (χ1) is 7.09. The third kappa shape index (κ3) is 4.65. The van der Waals surface area contributed by atoms with E-state index in [0.717, 1.165) is 5.56 Å². The Balaban J connectivity index is 0.00000225. The molecule has 6 N–H and O–H groups in total. The fourth-order valence-electron chi connectivity index (χ4n) is 1.17. The van der Waals surface area contributed by atoms with E-state index in [4.69, 9.17) is 17.2 Å². The van der Waals surface area contributed by atoms with E-state index >= 15 is 0 Å². The molecule has 0 saturated heterocycles. The van der Waals surface area contributed by atoms with Crippen molar-refractivity contribution >= 4 is 24.3 Å². The number of rotatable bonds is 2. The molecule has 5 nitrogen and oxygen atoms in total. The summed E-state index contributed by atoms with van der Waals surface area (Å²) in [5, 5.41) is 0. The maximum atomic E-state index is 5.52. The van der Waals surface area contributed by atoms with E-state index in [1.54, 1.807) is 0 Å². The SMILES string of the molecule is CC(N=C(N)N=C(N)N)c1ccccc1.Cl. The smallest absolute Gasteiger partial charge is 0.219 e. The summed E-state index contributed by atoms with van der Waals surface area (Å²) in [7, 11) is 0. The minimum absolute atomic E-state index is 0. The van der Waals surface area contributed by atoms with E-state index in [2.05, 4.69) is 9.98 Å². The van der Waals surface area contributed by atoms with Crippen LogP contribution >= 0.6 is 12.4 Å². The molecular formula is C10H16ClN5. The maximum Gasteiger partial charge on any atom is 0.219 e. The van der Waals surface area contributed by atoms with Gasteiger partial charge in [0.2, 0.25) is 5.96 Å². The van der Waals surface area contributed by atoms with Crippen molar-refractivity contribution in [2.75, 3.05) is 0 Å². The normalized spacial score (nSPS) is 12.4. The Morgan fingerprint density at radius 2 is 1.69 bits per heavy atom. The van der Waals surface area contributed by atoms with Crippen LogP contribution in [-0.4, -0.2) is 11.9 Å². The Bertz CT molecular complexity index is 370. The fraction of sp³-hybridized carbons (Fsp3) is 0.200. The molecule has 0 heterocycles. The van der Waals surface area contributed by atoms with E-state index in [9.17, 15) is 0 Å².